The lowest BCUT2D eigenvalue weighted by Gasteiger charge is -2.20. The van der Waals surface area contributed by atoms with Crippen LogP contribution in [0, 0.1) is 0 Å². The van der Waals surface area contributed by atoms with E-state index in [1.807, 2.05) is 30.3 Å². The fraction of sp³-hybridized carbons (Fsp3) is 0.235. The van der Waals surface area contributed by atoms with Crippen LogP contribution in [0.25, 0.3) is 16.9 Å². The van der Waals surface area contributed by atoms with Crippen LogP contribution < -0.4 is 5.73 Å². The van der Waals surface area contributed by atoms with Gasteiger partial charge in [0.1, 0.15) is 5.69 Å². The molecule has 0 saturated heterocycles. The Bertz CT molecular complexity index is 841. The first-order valence-corrected chi connectivity index (χ1v) is 7.10. The van der Waals surface area contributed by atoms with E-state index < -0.39 is 0 Å². The summed E-state index contributed by atoms with van der Waals surface area (Å²) in [7, 11) is 0. The molecule has 22 heavy (non-hydrogen) atoms. The zero-order valence-electron chi connectivity index (χ0n) is 12.9. The number of carbonyl (C=O) groups is 1. The molecule has 112 valence electrons. The van der Waals surface area contributed by atoms with Gasteiger partial charge in [-0.25, -0.2) is 9.50 Å². The van der Waals surface area contributed by atoms with E-state index in [1.54, 1.807) is 10.7 Å². The predicted octanol–water partition coefficient (Wildman–Crippen LogP) is 3.09. The summed E-state index contributed by atoms with van der Waals surface area (Å²) in [6, 6.07) is 9.61. The van der Waals surface area contributed by atoms with E-state index in [-0.39, 0.29) is 5.41 Å². The van der Waals surface area contributed by atoms with Crippen molar-refractivity contribution >= 4 is 17.6 Å². The summed E-state index contributed by atoms with van der Waals surface area (Å²) >= 11 is 0. The molecular formula is C17H18N4O. The standard InChI is InChI=1S/C17H18N4O/c1-17(2,3)14-8-15(11-4-6-12(18)7-5-11)20-21-9-13(10-22)19-16(14)21/h4-10H,18H2,1-3H3. The number of nitrogen functional groups attached to an aromatic ring is 1. The lowest BCUT2D eigenvalue weighted by atomic mass is 9.87. The van der Waals surface area contributed by atoms with Gasteiger partial charge in [-0.1, -0.05) is 32.9 Å². The summed E-state index contributed by atoms with van der Waals surface area (Å²) < 4.78 is 1.68. The molecule has 2 N–H and O–H groups in total. The van der Waals surface area contributed by atoms with Crippen molar-refractivity contribution in [3.63, 3.8) is 0 Å². The molecule has 0 unspecified atom stereocenters. The van der Waals surface area contributed by atoms with Crippen molar-refractivity contribution in [1.29, 1.82) is 0 Å². The van der Waals surface area contributed by atoms with E-state index in [2.05, 4.69) is 30.9 Å². The van der Waals surface area contributed by atoms with Crippen molar-refractivity contribution in [2.24, 2.45) is 0 Å². The van der Waals surface area contributed by atoms with Gasteiger partial charge in [0.05, 0.1) is 11.9 Å². The van der Waals surface area contributed by atoms with Gasteiger partial charge in [-0.05, 0) is 23.6 Å². The van der Waals surface area contributed by atoms with Gasteiger partial charge in [-0.2, -0.15) is 5.10 Å². The van der Waals surface area contributed by atoms with Gasteiger partial charge in [0.15, 0.2) is 11.9 Å². The first-order chi connectivity index (χ1) is 10.4. The quantitative estimate of drug-likeness (QED) is 0.582. The average molecular weight is 294 g/mol. The molecule has 3 rings (SSSR count). The molecule has 0 aliphatic rings. The minimum Gasteiger partial charge on any atom is -0.399 e. The molecule has 0 atom stereocenters. The monoisotopic (exact) mass is 294 g/mol. The molecule has 0 fully saturated rings. The molecular weight excluding hydrogens is 276 g/mol. The zero-order chi connectivity index (χ0) is 15.9. The normalized spacial score (nSPS) is 11.8. The molecule has 0 amide bonds. The molecule has 0 radical (unpaired) electrons. The molecule has 1 aromatic carbocycles. The van der Waals surface area contributed by atoms with E-state index in [1.165, 1.54) is 0 Å². The molecule has 0 aliphatic heterocycles. The number of benzene rings is 1. The Labute approximate surface area is 128 Å². The van der Waals surface area contributed by atoms with Crippen LogP contribution in [-0.2, 0) is 5.41 Å². The van der Waals surface area contributed by atoms with Gasteiger partial charge in [0, 0.05) is 16.8 Å². The maximum atomic E-state index is 11.0. The largest absolute Gasteiger partial charge is 0.399 e. The van der Waals surface area contributed by atoms with Crippen LogP contribution in [0.15, 0.2) is 36.5 Å². The van der Waals surface area contributed by atoms with E-state index in [9.17, 15) is 4.79 Å². The summed E-state index contributed by atoms with van der Waals surface area (Å²) in [5.41, 5.74) is 10.3. The Morgan fingerprint density at radius 1 is 1.18 bits per heavy atom. The number of fused-ring (bicyclic) bond motifs is 1. The van der Waals surface area contributed by atoms with Crippen LogP contribution in [-0.4, -0.2) is 20.9 Å². The zero-order valence-corrected chi connectivity index (χ0v) is 12.9. The van der Waals surface area contributed by atoms with Crippen molar-refractivity contribution in [2.75, 3.05) is 5.73 Å². The van der Waals surface area contributed by atoms with E-state index in [0.29, 0.717) is 17.0 Å². The molecule has 2 aromatic heterocycles. The topological polar surface area (TPSA) is 73.3 Å². The van der Waals surface area contributed by atoms with Crippen molar-refractivity contribution in [3.05, 3.63) is 47.8 Å². The van der Waals surface area contributed by atoms with E-state index in [4.69, 9.17) is 5.73 Å². The Morgan fingerprint density at radius 2 is 1.86 bits per heavy atom. The molecule has 5 nitrogen and oxygen atoms in total. The number of aromatic nitrogens is 3. The maximum absolute atomic E-state index is 11.0. The van der Waals surface area contributed by atoms with Crippen molar-refractivity contribution < 1.29 is 4.79 Å². The number of nitrogens with two attached hydrogens (primary N) is 1. The SMILES string of the molecule is CC(C)(C)c1cc(-c2ccc(N)cc2)nn2cc(C=O)nc12. The third-order valence-corrected chi connectivity index (χ3v) is 3.58. The lowest BCUT2D eigenvalue weighted by molar-refractivity contribution is 0.111. The van der Waals surface area contributed by atoms with Crippen LogP contribution in [0.1, 0.15) is 36.8 Å². The molecule has 2 heterocycles. The molecule has 0 saturated carbocycles. The van der Waals surface area contributed by atoms with Gasteiger partial charge in [-0.15, -0.1) is 0 Å². The minimum atomic E-state index is -0.113. The second-order valence-electron chi connectivity index (χ2n) is 6.37. The first-order valence-electron chi connectivity index (χ1n) is 7.10. The highest BCUT2D eigenvalue weighted by Gasteiger charge is 2.21. The predicted molar refractivity (Wildman–Crippen MR) is 86.9 cm³/mol. The summed E-state index contributed by atoms with van der Waals surface area (Å²) in [6.07, 6.45) is 2.39. The Balaban J connectivity index is 2.28. The summed E-state index contributed by atoms with van der Waals surface area (Å²) in [5.74, 6) is 0. The summed E-state index contributed by atoms with van der Waals surface area (Å²) in [4.78, 5) is 15.4. The van der Waals surface area contributed by atoms with Gasteiger partial charge in [-0.3, -0.25) is 4.79 Å². The number of nitrogens with zero attached hydrogens (tertiary/aromatic N) is 3. The fourth-order valence-corrected chi connectivity index (χ4v) is 2.40. The highest BCUT2D eigenvalue weighted by molar-refractivity contribution is 5.74. The molecule has 0 aliphatic carbocycles. The molecule has 0 bridgehead atoms. The number of imidazole rings is 1. The highest BCUT2D eigenvalue weighted by atomic mass is 16.1. The van der Waals surface area contributed by atoms with Crippen molar-refractivity contribution in [2.45, 2.75) is 26.2 Å². The summed E-state index contributed by atoms with van der Waals surface area (Å²) in [5, 5.41) is 4.57. The Hall–Kier alpha value is -2.69. The summed E-state index contributed by atoms with van der Waals surface area (Å²) in [6.45, 7) is 6.35. The van der Waals surface area contributed by atoms with Crippen LogP contribution in [0.3, 0.4) is 0 Å². The smallest absolute Gasteiger partial charge is 0.170 e. The van der Waals surface area contributed by atoms with Crippen LogP contribution in [0.2, 0.25) is 0 Å². The van der Waals surface area contributed by atoms with Gasteiger partial charge in [0.25, 0.3) is 0 Å². The van der Waals surface area contributed by atoms with E-state index in [0.717, 1.165) is 23.1 Å². The molecule has 5 heteroatoms. The second kappa shape index (κ2) is 4.94. The van der Waals surface area contributed by atoms with Gasteiger partial charge in [0.2, 0.25) is 0 Å². The third kappa shape index (κ3) is 2.45. The fourth-order valence-electron chi connectivity index (χ4n) is 2.40. The van der Waals surface area contributed by atoms with E-state index >= 15 is 0 Å². The average Bonchev–Trinajstić information content (AvgIpc) is 2.88. The first kappa shape index (κ1) is 14.3. The lowest BCUT2D eigenvalue weighted by Crippen LogP contribution is -2.14. The van der Waals surface area contributed by atoms with Crippen molar-refractivity contribution in [1.82, 2.24) is 14.6 Å². The van der Waals surface area contributed by atoms with Gasteiger partial charge < -0.3 is 5.73 Å². The van der Waals surface area contributed by atoms with Crippen LogP contribution >= 0.6 is 0 Å². The van der Waals surface area contributed by atoms with Gasteiger partial charge >= 0.3 is 0 Å². The highest BCUT2D eigenvalue weighted by Crippen LogP contribution is 2.29. The van der Waals surface area contributed by atoms with Crippen LogP contribution in [0.5, 0.6) is 0 Å². The van der Waals surface area contributed by atoms with Crippen LogP contribution in [0.4, 0.5) is 5.69 Å². The minimum absolute atomic E-state index is 0.113. The Morgan fingerprint density at radius 3 is 2.45 bits per heavy atom. The second-order valence-corrected chi connectivity index (χ2v) is 6.37. The number of hydrogen-bond acceptors (Lipinski definition) is 4. The number of rotatable bonds is 2. The number of anilines is 1. The number of hydrogen-bond donors (Lipinski definition) is 1. The number of carbonyl (C=O) groups excluding carboxylic acids is 1. The maximum Gasteiger partial charge on any atom is 0.170 e. The van der Waals surface area contributed by atoms with Crippen molar-refractivity contribution in [3.8, 4) is 11.3 Å². The number of aldehydes is 1. The Kier molecular flexibility index (Phi) is 3.20. The third-order valence-electron chi connectivity index (χ3n) is 3.58. The molecule has 3 aromatic rings. The molecule has 0 spiro atoms.